The third-order valence-electron chi connectivity index (χ3n) is 6.69. The highest BCUT2D eigenvalue weighted by atomic mass is 32.1. The Morgan fingerprint density at radius 1 is 1.24 bits per heavy atom. The summed E-state index contributed by atoms with van der Waals surface area (Å²) in [5, 5.41) is 27.4. The van der Waals surface area contributed by atoms with Crippen molar-refractivity contribution in [1.82, 2.24) is 19.9 Å². The van der Waals surface area contributed by atoms with E-state index in [0.29, 0.717) is 35.5 Å². The molecule has 180 valence electrons. The molecule has 1 aliphatic heterocycles. The van der Waals surface area contributed by atoms with E-state index in [1.165, 1.54) is 11.3 Å². The first-order chi connectivity index (χ1) is 16.6. The summed E-state index contributed by atoms with van der Waals surface area (Å²) in [5.74, 6) is 1.50. The third-order valence-corrected chi connectivity index (χ3v) is 7.74. The number of nitrogens with zero attached hydrogens (tertiary/aromatic N) is 5. The molecule has 0 radical (unpaired) electrons. The lowest BCUT2D eigenvalue weighted by Crippen LogP contribution is -2.52. The van der Waals surface area contributed by atoms with Crippen LogP contribution in [0, 0.1) is 18.3 Å². The summed E-state index contributed by atoms with van der Waals surface area (Å²) in [7, 11) is 0. The molecule has 34 heavy (non-hydrogen) atoms. The van der Waals surface area contributed by atoms with Crippen molar-refractivity contribution < 1.29 is 5.11 Å². The van der Waals surface area contributed by atoms with Gasteiger partial charge in [0.25, 0.3) is 0 Å². The van der Waals surface area contributed by atoms with Crippen molar-refractivity contribution in [2.75, 3.05) is 17.2 Å². The van der Waals surface area contributed by atoms with Gasteiger partial charge in [-0.1, -0.05) is 25.2 Å². The summed E-state index contributed by atoms with van der Waals surface area (Å²) >= 11 is 1.43. The molecule has 9 heteroatoms. The number of anilines is 3. The second-order valence-electron chi connectivity index (χ2n) is 8.82. The van der Waals surface area contributed by atoms with Crippen molar-refractivity contribution in [3.63, 3.8) is 0 Å². The molecule has 0 spiro atoms. The molecule has 3 N–H and O–H groups in total. The maximum Gasteiger partial charge on any atom is 0.188 e. The van der Waals surface area contributed by atoms with E-state index < -0.39 is 0 Å². The van der Waals surface area contributed by atoms with E-state index in [-0.39, 0.29) is 6.61 Å². The second kappa shape index (κ2) is 11.1. The minimum atomic E-state index is -0.0189. The molecule has 4 heterocycles. The molecule has 0 aliphatic carbocycles. The van der Waals surface area contributed by atoms with Gasteiger partial charge in [0, 0.05) is 48.7 Å². The number of pyridine rings is 2. The van der Waals surface area contributed by atoms with E-state index in [9.17, 15) is 5.11 Å². The van der Waals surface area contributed by atoms with Crippen LogP contribution in [0.2, 0.25) is 0 Å². The molecule has 0 saturated carbocycles. The fourth-order valence-electron chi connectivity index (χ4n) is 4.97. The number of aliphatic hydroxyl groups is 1. The Morgan fingerprint density at radius 2 is 2.00 bits per heavy atom. The van der Waals surface area contributed by atoms with Gasteiger partial charge in [-0.15, -0.1) is 0 Å². The van der Waals surface area contributed by atoms with Crippen LogP contribution in [0.3, 0.4) is 0 Å². The smallest absolute Gasteiger partial charge is 0.188 e. The molecular weight excluding hydrogens is 446 g/mol. The zero-order valence-corrected chi connectivity index (χ0v) is 20.9. The van der Waals surface area contributed by atoms with Gasteiger partial charge in [-0.3, -0.25) is 9.88 Å². The molecule has 2 atom stereocenters. The van der Waals surface area contributed by atoms with Crippen molar-refractivity contribution in [2.45, 2.75) is 77.6 Å². The van der Waals surface area contributed by atoms with Gasteiger partial charge in [0.1, 0.15) is 11.6 Å². The van der Waals surface area contributed by atoms with E-state index in [1.54, 1.807) is 6.20 Å². The quantitative estimate of drug-likeness (QED) is 0.394. The summed E-state index contributed by atoms with van der Waals surface area (Å²) in [5.41, 5.74) is 1.69. The number of nitrogens with one attached hydrogen (secondary N) is 2. The molecule has 0 amide bonds. The van der Waals surface area contributed by atoms with Gasteiger partial charge in [-0.2, -0.15) is 5.26 Å². The Bertz CT molecular complexity index is 1140. The molecule has 2 unspecified atom stereocenters. The lowest BCUT2D eigenvalue weighted by molar-refractivity contribution is 0.0735. The Morgan fingerprint density at radius 3 is 2.65 bits per heavy atom. The SMILES string of the molecule is CCC1CC(Nc2nc(Nc3nc(C)c(CO)s3)cc3ncccc23)CC(CC)N1CCC#N. The van der Waals surface area contributed by atoms with Gasteiger partial charge in [-0.25, -0.2) is 9.97 Å². The van der Waals surface area contributed by atoms with Crippen LogP contribution in [0.4, 0.5) is 16.8 Å². The maximum atomic E-state index is 9.50. The third kappa shape index (κ3) is 5.30. The molecule has 4 rings (SSSR count). The van der Waals surface area contributed by atoms with Crippen molar-refractivity contribution in [3.8, 4) is 6.07 Å². The van der Waals surface area contributed by atoms with Gasteiger partial charge in [0.05, 0.1) is 28.8 Å². The molecule has 3 aromatic heterocycles. The Kier molecular flexibility index (Phi) is 7.93. The molecule has 1 aliphatic rings. The second-order valence-corrected chi connectivity index (χ2v) is 9.90. The number of likely N-dealkylation sites (tertiary alicyclic amines) is 1. The van der Waals surface area contributed by atoms with Crippen LogP contribution in [0.15, 0.2) is 24.4 Å². The van der Waals surface area contributed by atoms with Crippen molar-refractivity contribution in [3.05, 3.63) is 35.0 Å². The number of rotatable bonds is 9. The molecule has 1 fully saturated rings. The number of aromatic nitrogens is 3. The fraction of sp³-hybridized carbons (Fsp3) is 0.520. The number of hydrogen-bond acceptors (Lipinski definition) is 9. The number of piperidine rings is 1. The summed E-state index contributed by atoms with van der Waals surface area (Å²) in [4.78, 5) is 17.4. The monoisotopic (exact) mass is 479 g/mol. The normalized spacial score (nSPS) is 20.9. The van der Waals surface area contributed by atoms with Gasteiger partial charge in [-0.05, 0) is 44.7 Å². The number of aryl methyl sites for hydroxylation is 1. The zero-order valence-electron chi connectivity index (χ0n) is 20.1. The van der Waals surface area contributed by atoms with Crippen LogP contribution in [0.5, 0.6) is 0 Å². The number of nitriles is 1. The van der Waals surface area contributed by atoms with Gasteiger partial charge < -0.3 is 15.7 Å². The minimum absolute atomic E-state index is 0.0189. The van der Waals surface area contributed by atoms with Crippen LogP contribution in [0.1, 0.15) is 56.5 Å². The van der Waals surface area contributed by atoms with E-state index >= 15 is 0 Å². The van der Waals surface area contributed by atoms with Crippen molar-refractivity contribution >= 4 is 39.0 Å². The largest absolute Gasteiger partial charge is 0.391 e. The van der Waals surface area contributed by atoms with Gasteiger partial charge >= 0.3 is 0 Å². The van der Waals surface area contributed by atoms with Gasteiger partial charge in [0.2, 0.25) is 0 Å². The van der Waals surface area contributed by atoms with E-state index in [0.717, 1.165) is 59.5 Å². The summed E-state index contributed by atoms with van der Waals surface area (Å²) < 4.78 is 0. The van der Waals surface area contributed by atoms with E-state index in [4.69, 9.17) is 10.2 Å². The van der Waals surface area contributed by atoms with Crippen LogP contribution in [0.25, 0.3) is 10.9 Å². The standard InChI is InChI=1S/C25H33N7OS/c1-4-18-12-17(13-19(5-2)32(18)11-7-9-26)29-24-20-8-6-10-27-21(20)14-23(30-24)31-25-28-16(3)22(15-33)34-25/h6,8,10,14,17-19,33H,4-5,7,11-13,15H2,1-3H3,(H2,28,29,30,31). The topological polar surface area (TPSA) is 110 Å². The minimum Gasteiger partial charge on any atom is -0.391 e. The van der Waals surface area contributed by atoms with Crippen molar-refractivity contribution in [1.29, 1.82) is 5.26 Å². The molecule has 0 aromatic carbocycles. The summed E-state index contributed by atoms with van der Waals surface area (Å²) in [6.07, 6.45) is 6.53. The summed E-state index contributed by atoms with van der Waals surface area (Å²) in [6.45, 7) is 7.19. The Hall–Kier alpha value is -2.80. The Labute approximate surface area is 205 Å². The number of thiazole rings is 1. The molecular formula is C25H33N7OS. The predicted molar refractivity (Wildman–Crippen MR) is 137 cm³/mol. The highest BCUT2D eigenvalue weighted by Crippen LogP contribution is 2.32. The lowest BCUT2D eigenvalue weighted by atomic mass is 9.88. The summed E-state index contributed by atoms with van der Waals surface area (Å²) in [6, 6.07) is 9.43. The van der Waals surface area contributed by atoms with Crippen LogP contribution < -0.4 is 10.6 Å². The van der Waals surface area contributed by atoms with E-state index in [2.05, 4.69) is 51.5 Å². The molecule has 8 nitrogen and oxygen atoms in total. The number of fused-ring (bicyclic) bond motifs is 1. The van der Waals surface area contributed by atoms with Crippen LogP contribution >= 0.6 is 11.3 Å². The molecule has 0 bridgehead atoms. The van der Waals surface area contributed by atoms with Crippen LogP contribution in [-0.4, -0.2) is 49.6 Å². The average Bonchev–Trinajstić information content (AvgIpc) is 3.21. The molecule has 3 aromatic rings. The Balaban J connectivity index is 1.60. The lowest BCUT2D eigenvalue weighted by Gasteiger charge is -2.45. The van der Waals surface area contributed by atoms with Crippen molar-refractivity contribution in [2.24, 2.45) is 0 Å². The number of hydrogen-bond donors (Lipinski definition) is 3. The first-order valence-electron chi connectivity index (χ1n) is 12.0. The zero-order chi connectivity index (χ0) is 24.1. The molecule has 1 saturated heterocycles. The van der Waals surface area contributed by atoms with Crippen LogP contribution in [-0.2, 0) is 6.61 Å². The maximum absolute atomic E-state index is 9.50. The highest BCUT2D eigenvalue weighted by molar-refractivity contribution is 7.15. The fourth-order valence-corrected chi connectivity index (χ4v) is 5.80. The highest BCUT2D eigenvalue weighted by Gasteiger charge is 2.33. The number of aliphatic hydroxyl groups excluding tert-OH is 1. The average molecular weight is 480 g/mol. The first-order valence-corrected chi connectivity index (χ1v) is 12.9. The van der Waals surface area contributed by atoms with E-state index in [1.807, 2.05) is 19.1 Å². The van der Waals surface area contributed by atoms with Gasteiger partial charge in [0.15, 0.2) is 5.13 Å². The first kappa shape index (κ1) is 24.3. The predicted octanol–water partition coefficient (Wildman–Crippen LogP) is 4.98.